The Morgan fingerprint density at radius 1 is 1.23 bits per heavy atom. The smallest absolute Gasteiger partial charge is 0.306 e. The molecule has 0 bridgehead atoms. The van der Waals surface area contributed by atoms with Crippen LogP contribution in [-0.2, 0) is 16.1 Å². The van der Waals surface area contributed by atoms with E-state index >= 15 is 0 Å². The second-order valence-electron chi connectivity index (χ2n) is 6.99. The van der Waals surface area contributed by atoms with Gasteiger partial charge in [0, 0.05) is 48.9 Å². The van der Waals surface area contributed by atoms with Crippen LogP contribution in [0.4, 0.5) is 0 Å². The van der Waals surface area contributed by atoms with Crippen LogP contribution >= 0.6 is 0 Å². The molecule has 2 heterocycles. The molecule has 0 unspecified atom stereocenters. The van der Waals surface area contributed by atoms with Gasteiger partial charge in [0.2, 0.25) is 0 Å². The van der Waals surface area contributed by atoms with Crippen LogP contribution in [0.1, 0.15) is 34.5 Å². The average Bonchev–Trinajstić information content (AvgIpc) is 2.89. The number of rotatable bonds is 5. The summed E-state index contributed by atoms with van der Waals surface area (Å²) >= 11 is 0. The first-order valence-corrected chi connectivity index (χ1v) is 9.04. The molecule has 1 aromatic carbocycles. The molecule has 1 aliphatic heterocycles. The van der Waals surface area contributed by atoms with Crippen molar-refractivity contribution in [3.63, 3.8) is 0 Å². The lowest BCUT2D eigenvalue weighted by atomic mass is 9.96. The Balaban J connectivity index is 1.84. The van der Waals surface area contributed by atoms with Crippen LogP contribution in [0, 0.1) is 19.8 Å². The number of carboxylic acid groups (broad SMARTS) is 1. The minimum absolute atomic E-state index is 0.0163. The zero-order valence-electron chi connectivity index (χ0n) is 15.6. The molecule has 6 nitrogen and oxygen atoms in total. The third-order valence-electron chi connectivity index (χ3n) is 5.54. The minimum atomic E-state index is -0.762. The summed E-state index contributed by atoms with van der Waals surface area (Å²) in [7, 11) is 1.69. The second-order valence-corrected chi connectivity index (χ2v) is 6.99. The van der Waals surface area contributed by atoms with Gasteiger partial charge in [-0.05, 0) is 50.5 Å². The first-order chi connectivity index (χ1) is 12.4. The van der Waals surface area contributed by atoms with Crippen molar-refractivity contribution in [3.05, 3.63) is 35.0 Å². The molecule has 6 heteroatoms. The lowest BCUT2D eigenvalue weighted by Crippen LogP contribution is -2.40. The van der Waals surface area contributed by atoms with Gasteiger partial charge in [0.1, 0.15) is 0 Å². The molecule has 1 fully saturated rings. The maximum atomic E-state index is 12.8. The predicted octanol–water partition coefficient (Wildman–Crippen LogP) is 2.84. The number of aryl methyl sites for hydroxylation is 1. The Morgan fingerprint density at radius 3 is 2.54 bits per heavy atom. The maximum absolute atomic E-state index is 12.8. The van der Waals surface area contributed by atoms with E-state index in [0.717, 1.165) is 17.4 Å². The predicted molar refractivity (Wildman–Crippen MR) is 99.6 cm³/mol. The Morgan fingerprint density at radius 2 is 1.92 bits per heavy atom. The van der Waals surface area contributed by atoms with Crippen molar-refractivity contribution in [1.29, 1.82) is 0 Å². The average molecular weight is 358 g/mol. The van der Waals surface area contributed by atoms with E-state index in [2.05, 4.69) is 18.4 Å². The third-order valence-corrected chi connectivity index (χ3v) is 5.54. The Kier molecular flexibility index (Phi) is 5.32. The number of piperidine rings is 1. The number of methoxy groups -OCH3 is 1. The summed E-state index contributed by atoms with van der Waals surface area (Å²) in [5.74, 6) is -1.11. The van der Waals surface area contributed by atoms with Gasteiger partial charge in [-0.25, -0.2) is 0 Å². The van der Waals surface area contributed by atoms with Gasteiger partial charge in [-0.3, -0.25) is 9.59 Å². The van der Waals surface area contributed by atoms with Crippen molar-refractivity contribution in [2.24, 2.45) is 5.92 Å². The third kappa shape index (κ3) is 3.33. The quantitative estimate of drug-likeness (QED) is 0.892. The van der Waals surface area contributed by atoms with E-state index in [4.69, 9.17) is 9.84 Å². The summed E-state index contributed by atoms with van der Waals surface area (Å²) < 4.78 is 7.43. The molecule has 2 aromatic rings. The summed E-state index contributed by atoms with van der Waals surface area (Å²) in [6.07, 6.45) is 1.05. The second kappa shape index (κ2) is 7.50. The van der Waals surface area contributed by atoms with Crippen LogP contribution in [0.2, 0.25) is 0 Å². The molecule has 0 atom stereocenters. The van der Waals surface area contributed by atoms with Gasteiger partial charge in [-0.2, -0.15) is 0 Å². The highest BCUT2D eigenvalue weighted by Gasteiger charge is 2.27. The Bertz CT molecular complexity index is 832. The highest BCUT2D eigenvalue weighted by molar-refractivity contribution is 5.99. The summed E-state index contributed by atoms with van der Waals surface area (Å²) in [6, 6.07) is 5.84. The number of aromatic nitrogens is 1. The van der Waals surface area contributed by atoms with Gasteiger partial charge >= 0.3 is 5.97 Å². The number of nitrogens with zero attached hydrogens (tertiary/aromatic N) is 2. The molecular formula is C20H26N2O4. The zero-order chi connectivity index (χ0) is 18.8. The number of likely N-dealkylation sites (tertiary alicyclic amines) is 1. The molecule has 1 saturated heterocycles. The SMILES string of the molecule is COCCn1c(C)c(C)c2cc(C(=O)N3CCC(C(=O)O)CC3)ccc21. The molecule has 3 rings (SSSR count). The van der Waals surface area contributed by atoms with Gasteiger partial charge < -0.3 is 19.3 Å². The van der Waals surface area contributed by atoms with E-state index in [1.165, 1.54) is 11.3 Å². The molecule has 0 aliphatic carbocycles. The first kappa shape index (κ1) is 18.5. The fourth-order valence-corrected chi connectivity index (χ4v) is 3.77. The van der Waals surface area contributed by atoms with Gasteiger partial charge in [0.15, 0.2) is 0 Å². The van der Waals surface area contributed by atoms with Crippen molar-refractivity contribution in [1.82, 2.24) is 9.47 Å². The largest absolute Gasteiger partial charge is 0.481 e. The molecule has 1 amide bonds. The Labute approximate surface area is 153 Å². The zero-order valence-corrected chi connectivity index (χ0v) is 15.6. The van der Waals surface area contributed by atoms with E-state index < -0.39 is 5.97 Å². The number of carbonyl (C=O) groups excluding carboxylic acids is 1. The first-order valence-electron chi connectivity index (χ1n) is 9.04. The normalized spacial score (nSPS) is 15.6. The van der Waals surface area contributed by atoms with Gasteiger partial charge in [0.25, 0.3) is 5.91 Å². The number of carbonyl (C=O) groups is 2. The summed E-state index contributed by atoms with van der Waals surface area (Å²) in [5.41, 5.74) is 4.13. The fraction of sp³-hybridized carbons (Fsp3) is 0.500. The number of aliphatic carboxylic acids is 1. The maximum Gasteiger partial charge on any atom is 0.306 e. The summed E-state index contributed by atoms with van der Waals surface area (Å²) in [4.78, 5) is 25.7. The van der Waals surface area contributed by atoms with E-state index in [9.17, 15) is 9.59 Å². The Hall–Kier alpha value is -2.34. The van der Waals surface area contributed by atoms with E-state index in [1.54, 1.807) is 12.0 Å². The van der Waals surface area contributed by atoms with E-state index in [0.29, 0.717) is 38.1 Å². The van der Waals surface area contributed by atoms with E-state index in [-0.39, 0.29) is 11.8 Å². The molecular weight excluding hydrogens is 332 g/mol. The number of fused-ring (bicyclic) bond motifs is 1. The van der Waals surface area contributed by atoms with Crippen LogP contribution < -0.4 is 0 Å². The fourth-order valence-electron chi connectivity index (χ4n) is 3.77. The lowest BCUT2D eigenvalue weighted by molar-refractivity contribution is -0.143. The number of ether oxygens (including phenoxy) is 1. The number of hydrogen-bond acceptors (Lipinski definition) is 3. The standard InChI is InChI=1S/C20H26N2O4/c1-13-14(2)22(10-11-26-3)18-5-4-16(12-17(13)18)19(23)21-8-6-15(7-9-21)20(24)25/h4-5,12,15H,6-11H2,1-3H3,(H,24,25). The molecule has 1 aromatic heterocycles. The number of carboxylic acids is 1. The molecule has 26 heavy (non-hydrogen) atoms. The van der Waals surface area contributed by atoms with Crippen LogP contribution in [-0.4, -0.2) is 53.3 Å². The van der Waals surface area contributed by atoms with Gasteiger partial charge in [0.05, 0.1) is 12.5 Å². The van der Waals surface area contributed by atoms with Gasteiger partial charge in [-0.1, -0.05) is 0 Å². The molecule has 0 radical (unpaired) electrons. The van der Waals surface area contributed by atoms with Gasteiger partial charge in [-0.15, -0.1) is 0 Å². The highest BCUT2D eigenvalue weighted by Crippen LogP contribution is 2.27. The molecule has 1 aliphatic rings. The van der Waals surface area contributed by atoms with Crippen molar-refractivity contribution in [2.75, 3.05) is 26.8 Å². The topological polar surface area (TPSA) is 71.8 Å². The van der Waals surface area contributed by atoms with Crippen molar-refractivity contribution in [2.45, 2.75) is 33.2 Å². The summed E-state index contributed by atoms with van der Waals surface area (Å²) in [6.45, 7) is 6.59. The molecule has 1 N–H and O–H groups in total. The lowest BCUT2D eigenvalue weighted by Gasteiger charge is -2.30. The van der Waals surface area contributed by atoms with Crippen molar-refractivity contribution >= 4 is 22.8 Å². The van der Waals surface area contributed by atoms with Crippen LogP contribution in [0.25, 0.3) is 10.9 Å². The van der Waals surface area contributed by atoms with E-state index in [1.807, 2.05) is 18.2 Å². The monoisotopic (exact) mass is 358 g/mol. The molecule has 140 valence electrons. The van der Waals surface area contributed by atoms with Crippen molar-refractivity contribution in [3.8, 4) is 0 Å². The number of amides is 1. The van der Waals surface area contributed by atoms with Crippen LogP contribution in [0.5, 0.6) is 0 Å². The highest BCUT2D eigenvalue weighted by atomic mass is 16.5. The summed E-state index contributed by atoms with van der Waals surface area (Å²) in [5, 5.41) is 10.2. The minimum Gasteiger partial charge on any atom is -0.481 e. The molecule has 0 saturated carbocycles. The van der Waals surface area contributed by atoms with Crippen LogP contribution in [0.15, 0.2) is 18.2 Å². The molecule has 0 spiro atoms. The number of hydrogen-bond donors (Lipinski definition) is 1. The van der Waals surface area contributed by atoms with Crippen molar-refractivity contribution < 1.29 is 19.4 Å². The van der Waals surface area contributed by atoms with Crippen LogP contribution in [0.3, 0.4) is 0 Å². The number of benzene rings is 1.